The van der Waals surface area contributed by atoms with Crippen LogP contribution in [0.2, 0.25) is 0 Å². The molecular weight excluding hydrogens is 392 g/mol. The highest BCUT2D eigenvalue weighted by atomic mass is 16.5. The molecule has 1 amide bonds. The van der Waals surface area contributed by atoms with Crippen LogP contribution in [-0.4, -0.2) is 66.7 Å². The third kappa shape index (κ3) is 6.63. The number of carbonyl (C=O) groups excluding carboxylic acids is 1. The number of aromatic nitrogens is 2. The molecule has 8 heteroatoms. The van der Waals surface area contributed by atoms with Gasteiger partial charge < -0.3 is 20.3 Å². The number of rotatable bonds is 8. The SMILES string of the molecule is O=C(CCN1CCOCC1)Nc1cccc(CNc2cc(N3CCCCC3)ncn2)c1. The van der Waals surface area contributed by atoms with Gasteiger partial charge in [0, 0.05) is 57.4 Å². The number of morpholine rings is 1. The fourth-order valence-corrected chi connectivity index (χ4v) is 4.00. The van der Waals surface area contributed by atoms with E-state index in [1.165, 1.54) is 19.3 Å². The van der Waals surface area contributed by atoms with Crippen molar-refractivity contribution in [2.75, 3.05) is 61.5 Å². The lowest BCUT2D eigenvalue weighted by Gasteiger charge is -2.27. The van der Waals surface area contributed by atoms with Gasteiger partial charge in [-0.25, -0.2) is 9.97 Å². The first-order valence-corrected chi connectivity index (χ1v) is 11.3. The minimum Gasteiger partial charge on any atom is -0.379 e. The molecule has 2 saturated heterocycles. The monoisotopic (exact) mass is 424 g/mol. The molecule has 1 aromatic carbocycles. The van der Waals surface area contributed by atoms with Gasteiger partial charge in [0.1, 0.15) is 18.0 Å². The first-order valence-electron chi connectivity index (χ1n) is 11.3. The number of hydrogen-bond donors (Lipinski definition) is 2. The van der Waals surface area contributed by atoms with Crippen LogP contribution in [-0.2, 0) is 16.1 Å². The predicted molar refractivity (Wildman–Crippen MR) is 122 cm³/mol. The van der Waals surface area contributed by atoms with Gasteiger partial charge in [-0.3, -0.25) is 9.69 Å². The van der Waals surface area contributed by atoms with Crippen LogP contribution in [0.4, 0.5) is 17.3 Å². The Kier molecular flexibility index (Phi) is 7.68. The molecule has 0 aliphatic carbocycles. The van der Waals surface area contributed by atoms with Crippen molar-refractivity contribution in [1.29, 1.82) is 0 Å². The zero-order valence-electron chi connectivity index (χ0n) is 18.1. The molecule has 0 atom stereocenters. The fourth-order valence-electron chi connectivity index (χ4n) is 4.00. The lowest BCUT2D eigenvalue weighted by Crippen LogP contribution is -2.38. The van der Waals surface area contributed by atoms with Crippen molar-refractivity contribution in [3.63, 3.8) is 0 Å². The van der Waals surface area contributed by atoms with E-state index in [2.05, 4.69) is 30.4 Å². The molecule has 2 fully saturated rings. The fraction of sp³-hybridized carbons (Fsp3) is 0.522. The molecule has 4 rings (SSSR count). The Bertz CT molecular complexity index is 849. The van der Waals surface area contributed by atoms with Crippen LogP contribution in [0.25, 0.3) is 0 Å². The predicted octanol–water partition coefficient (Wildman–Crippen LogP) is 2.74. The van der Waals surface area contributed by atoms with Crippen LogP contribution < -0.4 is 15.5 Å². The highest BCUT2D eigenvalue weighted by molar-refractivity contribution is 5.90. The van der Waals surface area contributed by atoms with Crippen LogP contribution in [0, 0.1) is 0 Å². The summed E-state index contributed by atoms with van der Waals surface area (Å²) >= 11 is 0. The van der Waals surface area contributed by atoms with Crippen LogP contribution >= 0.6 is 0 Å². The van der Waals surface area contributed by atoms with E-state index in [4.69, 9.17) is 4.74 Å². The van der Waals surface area contributed by atoms with Crippen molar-refractivity contribution in [1.82, 2.24) is 14.9 Å². The van der Waals surface area contributed by atoms with Gasteiger partial charge in [0.25, 0.3) is 0 Å². The lowest BCUT2D eigenvalue weighted by atomic mass is 10.1. The molecular formula is C23H32N6O2. The Morgan fingerprint density at radius 3 is 2.71 bits per heavy atom. The molecule has 0 saturated carbocycles. The summed E-state index contributed by atoms with van der Waals surface area (Å²) in [5.74, 6) is 1.84. The maximum atomic E-state index is 12.3. The number of anilines is 3. The highest BCUT2D eigenvalue weighted by Crippen LogP contribution is 2.20. The van der Waals surface area contributed by atoms with Crippen molar-refractivity contribution >= 4 is 23.2 Å². The summed E-state index contributed by atoms with van der Waals surface area (Å²) < 4.78 is 5.35. The standard InChI is InChI=1S/C23H32N6O2/c30-23(7-10-28-11-13-31-14-12-28)27-20-6-4-5-19(15-20)17-24-21-16-22(26-18-25-21)29-8-2-1-3-9-29/h4-6,15-16,18H,1-3,7-14,17H2,(H,27,30)(H,24,25,26). The van der Waals surface area contributed by atoms with E-state index < -0.39 is 0 Å². The minimum absolute atomic E-state index is 0.0403. The van der Waals surface area contributed by atoms with Crippen molar-refractivity contribution in [2.24, 2.45) is 0 Å². The molecule has 8 nitrogen and oxygen atoms in total. The second kappa shape index (κ2) is 11.1. The smallest absolute Gasteiger partial charge is 0.225 e. The van der Waals surface area contributed by atoms with E-state index in [-0.39, 0.29) is 5.91 Å². The molecule has 0 bridgehead atoms. The molecule has 3 heterocycles. The Hall–Kier alpha value is -2.71. The maximum absolute atomic E-state index is 12.3. The van der Waals surface area contributed by atoms with E-state index in [0.29, 0.717) is 13.0 Å². The van der Waals surface area contributed by atoms with Crippen molar-refractivity contribution in [3.8, 4) is 0 Å². The van der Waals surface area contributed by atoms with Gasteiger partial charge in [-0.15, -0.1) is 0 Å². The third-order valence-electron chi connectivity index (χ3n) is 5.78. The maximum Gasteiger partial charge on any atom is 0.225 e. The third-order valence-corrected chi connectivity index (χ3v) is 5.78. The van der Waals surface area contributed by atoms with Crippen LogP contribution in [0.3, 0.4) is 0 Å². The topological polar surface area (TPSA) is 82.6 Å². The minimum atomic E-state index is 0.0403. The zero-order chi connectivity index (χ0) is 21.3. The average Bonchev–Trinajstić information content (AvgIpc) is 2.83. The van der Waals surface area contributed by atoms with E-state index in [1.54, 1.807) is 6.33 Å². The lowest BCUT2D eigenvalue weighted by molar-refractivity contribution is -0.116. The summed E-state index contributed by atoms with van der Waals surface area (Å²) in [6, 6.07) is 9.96. The number of ether oxygens (including phenoxy) is 1. The Labute approximate surface area is 184 Å². The summed E-state index contributed by atoms with van der Waals surface area (Å²) in [5, 5.41) is 6.40. The number of hydrogen-bond acceptors (Lipinski definition) is 7. The molecule has 0 spiro atoms. The van der Waals surface area contributed by atoms with E-state index in [0.717, 1.165) is 68.8 Å². The Morgan fingerprint density at radius 1 is 1.03 bits per heavy atom. The second-order valence-electron chi connectivity index (χ2n) is 8.12. The normalized spacial score (nSPS) is 17.4. The van der Waals surface area contributed by atoms with E-state index >= 15 is 0 Å². The molecule has 2 aliphatic rings. The first-order chi connectivity index (χ1) is 15.3. The number of carbonyl (C=O) groups is 1. The van der Waals surface area contributed by atoms with Gasteiger partial charge in [-0.2, -0.15) is 0 Å². The van der Waals surface area contributed by atoms with Gasteiger partial charge >= 0.3 is 0 Å². The Morgan fingerprint density at radius 2 is 1.87 bits per heavy atom. The number of amides is 1. The van der Waals surface area contributed by atoms with Gasteiger partial charge in [0.2, 0.25) is 5.91 Å². The molecule has 1 aromatic heterocycles. The molecule has 31 heavy (non-hydrogen) atoms. The Balaban J connectivity index is 1.27. The van der Waals surface area contributed by atoms with E-state index in [1.807, 2.05) is 30.3 Å². The number of benzene rings is 1. The van der Waals surface area contributed by atoms with Crippen LogP contribution in [0.1, 0.15) is 31.2 Å². The molecule has 2 aliphatic heterocycles. The van der Waals surface area contributed by atoms with Crippen molar-refractivity contribution in [2.45, 2.75) is 32.2 Å². The summed E-state index contributed by atoms with van der Waals surface area (Å²) in [6.45, 7) is 6.82. The number of nitrogens with zero attached hydrogens (tertiary/aromatic N) is 4. The quantitative estimate of drug-likeness (QED) is 0.674. The first kappa shape index (κ1) is 21.5. The largest absolute Gasteiger partial charge is 0.379 e. The van der Waals surface area contributed by atoms with Gasteiger partial charge in [0.05, 0.1) is 13.2 Å². The summed E-state index contributed by atoms with van der Waals surface area (Å²) in [5.41, 5.74) is 1.91. The number of piperidine rings is 1. The van der Waals surface area contributed by atoms with Crippen molar-refractivity contribution in [3.05, 3.63) is 42.2 Å². The average molecular weight is 425 g/mol. The number of nitrogens with one attached hydrogen (secondary N) is 2. The molecule has 0 radical (unpaired) electrons. The molecule has 2 aromatic rings. The molecule has 0 unspecified atom stereocenters. The summed E-state index contributed by atoms with van der Waals surface area (Å²) in [7, 11) is 0. The molecule has 166 valence electrons. The second-order valence-corrected chi connectivity index (χ2v) is 8.12. The summed E-state index contributed by atoms with van der Waals surface area (Å²) in [6.07, 6.45) is 5.85. The molecule has 2 N–H and O–H groups in total. The van der Waals surface area contributed by atoms with E-state index in [9.17, 15) is 4.79 Å². The summed E-state index contributed by atoms with van der Waals surface area (Å²) in [4.78, 5) is 25.7. The van der Waals surface area contributed by atoms with Crippen LogP contribution in [0.5, 0.6) is 0 Å². The van der Waals surface area contributed by atoms with Crippen LogP contribution in [0.15, 0.2) is 36.7 Å². The zero-order valence-corrected chi connectivity index (χ0v) is 18.1. The van der Waals surface area contributed by atoms with Crippen molar-refractivity contribution < 1.29 is 9.53 Å². The highest BCUT2D eigenvalue weighted by Gasteiger charge is 2.13. The van der Waals surface area contributed by atoms with Gasteiger partial charge in [-0.1, -0.05) is 12.1 Å². The van der Waals surface area contributed by atoms with Gasteiger partial charge in [0.15, 0.2) is 0 Å². The van der Waals surface area contributed by atoms with Gasteiger partial charge in [-0.05, 0) is 37.0 Å².